The number of hydrogen-bond acceptors (Lipinski definition) is 4. The third-order valence-electron chi connectivity index (χ3n) is 7.60. The van der Waals surface area contributed by atoms with Crippen LogP contribution in [-0.4, -0.2) is 52.6 Å². The van der Waals surface area contributed by atoms with Gasteiger partial charge in [-0.15, -0.1) is 0 Å². The van der Waals surface area contributed by atoms with E-state index in [0.717, 1.165) is 24.5 Å². The Labute approximate surface area is 234 Å². The Balaban J connectivity index is 1.17. The molecule has 2 fully saturated rings. The molecule has 10 heteroatoms. The van der Waals surface area contributed by atoms with Gasteiger partial charge in [-0.2, -0.15) is 0 Å². The van der Waals surface area contributed by atoms with E-state index in [1.165, 1.54) is 6.20 Å². The molecule has 1 saturated carbocycles. The Morgan fingerprint density at radius 1 is 1.00 bits per heavy atom. The lowest BCUT2D eigenvalue weighted by Gasteiger charge is -2.36. The maximum absolute atomic E-state index is 15.3. The summed E-state index contributed by atoms with van der Waals surface area (Å²) in [4.78, 5) is 41.1. The van der Waals surface area contributed by atoms with Gasteiger partial charge in [-0.1, -0.05) is 23.7 Å². The van der Waals surface area contributed by atoms with E-state index in [4.69, 9.17) is 11.6 Å². The highest BCUT2D eigenvalue weighted by Gasteiger charge is 2.29. The second kappa shape index (κ2) is 10.4. The summed E-state index contributed by atoms with van der Waals surface area (Å²) < 4.78 is 19.0. The molecule has 0 bridgehead atoms. The van der Waals surface area contributed by atoms with Crippen molar-refractivity contribution in [2.45, 2.75) is 25.4 Å². The first kappa shape index (κ1) is 26.0. The number of aromatic nitrogens is 2. The maximum atomic E-state index is 15.3. The van der Waals surface area contributed by atoms with Crippen LogP contribution in [0.2, 0.25) is 5.02 Å². The Morgan fingerprint density at radius 3 is 2.30 bits per heavy atom. The number of nitrogens with zero attached hydrogens (tertiary/aromatic N) is 4. The van der Waals surface area contributed by atoms with Gasteiger partial charge in [-0.25, -0.2) is 13.8 Å². The Bertz CT molecular complexity index is 1680. The van der Waals surface area contributed by atoms with Crippen molar-refractivity contribution in [3.05, 3.63) is 105 Å². The van der Waals surface area contributed by atoms with Gasteiger partial charge in [-0.3, -0.25) is 9.59 Å². The van der Waals surface area contributed by atoms with Crippen molar-refractivity contribution in [2.24, 2.45) is 0 Å². The monoisotopic (exact) mass is 561 g/mol. The zero-order valence-corrected chi connectivity index (χ0v) is 22.4. The molecule has 0 unspecified atom stereocenters. The lowest BCUT2D eigenvalue weighted by molar-refractivity contribution is -0.688. The molecule has 2 aromatic heterocycles. The summed E-state index contributed by atoms with van der Waals surface area (Å²) in [5, 5.41) is 10.2. The third-order valence-corrected chi connectivity index (χ3v) is 7.85. The first-order valence-electron chi connectivity index (χ1n) is 13.2. The molecule has 1 aliphatic heterocycles. The van der Waals surface area contributed by atoms with E-state index < -0.39 is 17.2 Å². The Morgan fingerprint density at radius 2 is 1.68 bits per heavy atom. The molecule has 8 nitrogen and oxygen atoms in total. The van der Waals surface area contributed by atoms with Crippen LogP contribution >= 0.6 is 11.6 Å². The van der Waals surface area contributed by atoms with Gasteiger partial charge in [0.05, 0.1) is 16.8 Å². The zero-order valence-electron chi connectivity index (χ0n) is 21.6. The van der Waals surface area contributed by atoms with Crippen LogP contribution in [0.15, 0.2) is 71.9 Å². The molecule has 6 rings (SSSR count). The molecule has 0 radical (unpaired) electrons. The number of benzene rings is 2. The highest BCUT2D eigenvalue weighted by molar-refractivity contribution is 6.30. The third kappa shape index (κ3) is 5.04. The van der Waals surface area contributed by atoms with Crippen LogP contribution in [0.5, 0.6) is 0 Å². The first-order valence-corrected chi connectivity index (χ1v) is 13.6. The number of fused-ring (bicyclic) bond motifs is 1. The van der Waals surface area contributed by atoms with Crippen LogP contribution in [-0.2, 0) is 6.54 Å². The van der Waals surface area contributed by atoms with Crippen molar-refractivity contribution >= 4 is 40.1 Å². The average Bonchev–Trinajstić information content (AvgIpc) is 3.80. The number of carboxylic acids is 1. The summed E-state index contributed by atoms with van der Waals surface area (Å²) >= 11 is 5.96. The van der Waals surface area contributed by atoms with Crippen molar-refractivity contribution in [1.29, 1.82) is 0 Å². The molecule has 2 aliphatic rings. The van der Waals surface area contributed by atoms with Gasteiger partial charge in [0, 0.05) is 66.5 Å². The minimum atomic E-state index is -1.32. The zero-order chi connectivity index (χ0) is 28.0. The number of rotatable bonds is 6. The van der Waals surface area contributed by atoms with E-state index in [0.29, 0.717) is 54.5 Å². The van der Waals surface area contributed by atoms with Crippen LogP contribution in [0, 0.1) is 5.82 Å². The topological polar surface area (TPSA) is 86.7 Å². The molecule has 2 aromatic carbocycles. The second-order valence-electron chi connectivity index (χ2n) is 10.3. The van der Waals surface area contributed by atoms with Crippen molar-refractivity contribution < 1.29 is 23.7 Å². The van der Waals surface area contributed by atoms with Gasteiger partial charge in [0.25, 0.3) is 5.91 Å². The second-order valence-corrected chi connectivity index (χ2v) is 10.7. The summed E-state index contributed by atoms with van der Waals surface area (Å²) in [5.74, 6) is -1.98. The van der Waals surface area contributed by atoms with E-state index in [1.54, 1.807) is 27.7 Å². The molecule has 4 aromatic rings. The molecule has 204 valence electrons. The molecule has 1 N–H and O–H groups in total. The van der Waals surface area contributed by atoms with Crippen LogP contribution in [0.25, 0.3) is 10.9 Å². The summed E-state index contributed by atoms with van der Waals surface area (Å²) in [6.07, 6.45) is 6.88. The minimum Gasteiger partial charge on any atom is -0.477 e. The Kier molecular flexibility index (Phi) is 6.75. The smallest absolute Gasteiger partial charge is 0.341 e. The number of carbonyl (C=O) groups excluding carboxylic acids is 1. The molecule has 3 heterocycles. The fraction of sp³-hybridized carbons (Fsp3) is 0.267. The normalized spacial score (nSPS) is 15.4. The van der Waals surface area contributed by atoms with Crippen LogP contribution in [0.1, 0.15) is 45.2 Å². The number of amides is 1. The molecular weight excluding hydrogens is 535 g/mol. The number of anilines is 1. The van der Waals surface area contributed by atoms with Crippen molar-refractivity contribution in [3.63, 3.8) is 0 Å². The van der Waals surface area contributed by atoms with Gasteiger partial charge < -0.3 is 19.5 Å². The molecule has 1 aliphatic carbocycles. The quantitative estimate of drug-likeness (QED) is 0.358. The molecule has 0 spiro atoms. The van der Waals surface area contributed by atoms with Crippen molar-refractivity contribution in [1.82, 2.24) is 9.47 Å². The fourth-order valence-electron chi connectivity index (χ4n) is 5.25. The predicted octanol–water partition coefficient (Wildman–Crippen LogP) is 4.13. The van der Waals surface area contributed by atoms with E-state index in [2.05, 4.69) is 0 Å². The number of carbonyl (C=O) groups is 2. The largest absolute Gasteiger partial charge is 0.477 e. The van der Waals surface area contributed by atoms with E-state index in [-0.39, 0.29) is 22.9 Å². The van der Waals surface area contributed by atoms with Gasteiger partial charge in [0.1, 0.15) is 11.4 Å². The van der Waals surface area contributed by atoms with Gasteiger partial charge in [0.15, 0.2) is 18.9 Å². The van der Waals surface area contributed by atoms with Gasteiger partial charge in [0.2, 0.25) is 5.43 Å². The summed E-state index contributed by atoms with van der Waals surface area (Å²) in [7, 11) is 0. The molecule has 1 saturated heterocycles. The van der Waals surface area contributed by atoms with Crippen LogP contribution in [0.3, 0.4) is 0 Å². The number of carboxylic acid groups (broad SMARTS) is 1. The SMILES string of the molecule is O=C(O)c1cn(C2CC2)c2cc(N3CCN(C(=O)c4cc[n+](Cc5ccc(Cl)cc5)cc4)CC3)c(F)cc2c1=O. The lowest BCUT2D eigenvalue weighted by Crippen LogP contribution is -2.49. The summed E-state index contributed by atoms with van der Waals surface area (Å²) in [5.41, 5.74) is 1.53. The number of piperazine rings is 1. The highest BCUT2D eigenvalue weighted by Crippen LogP contribution is 2.38. The van der Waals surface area contributed by atoms with E-state index in [1.807, 2.05) is 46.1 Å². The molecule has 1 amide bonds. The number of pyridine rings is 2. The summed E-state index contributed by atoms with van der Waals surface area (Å²) in [6.45, 7) is 2.36. The fourth-order valence-corrected chi connectivity index (χ4v) is 5.37. The number of halogens is 2. The lowest BCUT2D eigenvalue weighted by atomic mass is 10.1. The number of aromatic carboxylic acids is 1. The standard InChI is InChI=1S/C30H26ClFN4O4/c31-21-3-1-19(2-4-21)17-33-9-7-20(8-10-33)29(38)35-13-11-34(12-14-35)27-16-26-23(15-25(27)32)28(37)24(30(39)40)18-36(26)22-5-6-22/h1-4,7-10,15-16,18,22H,5-6,11-14,17H2/p+1. The van der Waals surface area contributed by atoms with Crippen molar-refractivity contribution in [2.75, 3.05) is 31.1 Å². The maximum Gasteiger partial charge on any atom is 0.341 e. The van der Waals surface area contributed by atoms with Crippen molar-refractivity contribution in [3.8, 4) is 0 Å². The highest BCUT2D eigenvalue weighted by atomic mass is 35.5. The first-order chi connectivity index (χ1) is 19.3. The number of hydrogen-bond donors (Lipinski definition) is 1. The minimum absolute atomic E-state index is 0.0687. The van der Waals surface area contributed by atoms with Crippen LogP contribution < -0.4 is 14.9 Å². The molecule has 0 atom stereocenters. The van der Waals surface area contributed by atoms with E-state index >= 15 is 4.39 Å². The predicted molar refractivity (Wildman–Crippen MR) is 149 cm³/mol. The van der Waals surface area contributed by atoms with Gasteiger partial charge >= 0.3 is 5.97 Å². The van der Waals surface area contributed by atoms with E-state index in [9.17, 15) is 19.5 Å². The summed E-state index contributed by atoms with van der Waals surface area (Å²) in [6, 6.07) is 14.1. The molecule has 40 heavy (non-hydrogen) atoms. The molecular formula is C30H27ClFN4O4+. The van der Waals surface area contributed by atoms with Crippen LogP contribution in [0.4, 0.5) is 10.1 Å². The van der Waals surface area contributed by atoms with Gasteiger partial charge in [-0.05, 0) is 37.1 Å². The average molecular weight is 562 g/mol. The Hall–Kier alpha value is -4.24.